The maximum atomic E-state index is 13.0. The molecule has 0 radical (unpaired) electrons. The number of nitrogens with one attached hydrogen (secondary N) is 1. The van der Waals surface area contributed by atoms with Crippen molar-refractivity contribution in [3.05, 3.63) is 0 Å². The second kappa shape index (κ2) is 12.1. The molecule has 0 fully saturated rings. The number of nitrogens with zero attached hydrogens (tertiary/aromatic N) is 1. The molecule has 0 aromatic carbocycles. The molecule has 0 aliphatic heterocycles. The topological polar surface area (TPSA) is 92.8 Å². The Morgan fingerprint density at radius 3 is 2.00 bits per heavy atom. The summed E-state index contributed by atoms with van der Waals surface area (Å²) in [5.41, 5.74) is 0. The van der Waals surface area contributed by atoms with Crippen molar-refractivity contribution in [1.29, 1.82) is 0 Å². The monoisotopic (exact) mass is 416 g/mol. The van der Waals surface area contributed by atoms with Gasteiger partial charge in [-0.25, -0.2) is 0 Å². The third kappa shape index (κ3) is 8.63. The lowest BCUT2D eigenvalue weighted by Gasteiger charge is -2.36. The van der Waals surface area contributed by atoms with Crippen LogP contribution in [0.4, 0.5) is 0 Å². The molecule has 0 rings (SSSR count). The minimum atomic E-state index is -0.933. The van der Waals surface area contributed by atoms with E-state index in [0.717, 1.165) is 11.8 Å². The highest BCUT2D eigenvalue weighted by Crippen LogP contribution is 2.31. The molecule has 0 bridgehead atoms. The largest absolute Gasteiger partial charge is 0.463 e. The Kier molecular flexibility index (Phi) is 11.4. The third-order valence-electron chi connectivity index (χ3n) is 4.40. The summed E-state index contributed by atoms with van der Waals surface area (Å²) in [6.45, 7) is 15.3. The van der Waals surface area contributed by atoms with Crippen molar-refractivity contribution >= 4 is 34.7 Å². The molecule has 2 atom stereocenters. The van der Waals surface area contributed by atoms with Crippen LogP contribution in [0.1, 0.15) is 68.2 Å². The van der Waals surface area contributed by atoms with Crippen molar-refractivity contribution in [1.82, 2.24) is 10.2 Å². The Morgan fingerprint density at radius 2 is 1.57 bits per heavy atom. The van der Waals surface area contributed by atoms with Gasteiger partial charge in [0.15, 0.2) is 0 Å². The van der Waals surface area contributed by atoms with E-state index in [1.807, 2.05) is 20.8 Å². The number of thioether (sulfide) groups is 1. The van der Waals surface area contributed by atoms with Gasteiger partial charge in [-0.15, -0.1) is 0 Å². The molecule has 162 valence electrons. The number of carbonyl (C=O) groups excluding carboxylic acids is 4. The summed E-state index contributed by atoms with van der Waals surface area (Å²) >= 11 is 0.891. The number of hydrogen-bond acceptors (Lipinski definition) is 6. The van der Waals surface area contributed by atoms with Crippen LogP contribution in [0.25, 0.3) is 0 Å². The molecule has 0 spiro atoms. The van der Waals surface area contributed by atoms with Crippen LogP contribution in [0.15, 0.2) is 0 Å². The van der Waals surface area contributed by atoms with Crippen molar-refractivity contribution in [2.45, 2.75) is 85.1 Å². The Bertz CT molecular complexity index is 559. The van der Waals surface area contributed by atoms with E-state index in [-0.39, 0.29) is 30.3 Å². The van der Waals surface area contributed by atoms with Crippen molar-refractivity contribution < 1.29 is 23.9 Å². The molecule has 0 saturated heterocycles. The second-order valence-electron chi connectivity index (χ2n) is 7.55. The molecule has 0 heterocycles. The zero-order valence-corrected chi connectivity index (χ0v) is 19.3. The molecule has 0 aliphatic carbocycles. The smallest absolute Gasteiger partial charge is 0.314 e. The predicted octanol–water partition coefficient (Wildman–Crippen LogP) is 2.77. The van der Waals surface area contributed by atoms with Gasteiger partial charge >= 0.3 is 5.97 Å². The third-order valence-corrected chi connectivity index (χ3v) is 5.53. The number of esters is 1. The fourth-order valence-corrected chi connectivity index (χ4v) is 3.59. The van der Waals surface area contributed by atoms with Gasteiger partial charge in [0.05, 0.1) is 6.10 Å². The number of rotatable bonds is 11. The Labute approximate surface area is 173 Å². The Morgan fingerprint density at radius 1 is 1.04 bits per heavy atom. The first-order valence-corrected chi connectivity index (χ1v) is 10.7. The maximum absolute atomic E-state index is 13.0. The van der Waals surface area contributed by atoms with Gasteiger partial charge in [-0.05, 0) is 48.0 Å². The predicted molar refractivity (Wildman–Crippen MR) is 112 cm³/mol. The van der Waals surface area contributed by atoms with Crippen molar-refractivity contribution in [2.75, 3.05) is 13.1 Å². The summed E-state index contributed by atoms with van der Waals surface area (Å²) in [7, 11) is 0. The van der Waals surface area contributed by atoms with Gasteiger partial charge in [0, 0.05) is 23.8 Å². The molecule has 0 aromatic rings. The van der Waals surface area contributed by atoms with Crippen molar-refractivity contribution in [3.63, 3.8) is 0 Å². The first-order chi connectivity index (χ1) is 12.9. The Balaban J connectivity index is 5.47. The standard InChI is InChI=1S/C20H36N2O5S/c1-9-14(6)18(25)21-17(19(26)22(10-2)11-3)20(7,8)28-16(24)12-15(23)27-13(4)5/h13-14,17H,9-12H2,1-8H3,(H,21,25). The van der Waals surface area contributed by atoms with Crippen LogP contribution in [-0.2, 0) is 23.9 Å². The van der Waals surface area contributed by atoms with E-state index in [9.17, 15) is 19.2 Å². The van der Waals surface area contributed by atoms with E-state index in [0.29, 0.717) is 19.5 Å². The van der Waals surface area contributed by atoms with Crippen LogP contribution in [-0.4, -0.2) is 57.8 Å². The van der Waals surface area contributed by atoms with Crippen LogP contribution >= 0.6 is 11.8 Å². The first kappa shape index (κ1) is 26.4. The van der Waals surface area contributed by atoms with E-state index in [2.05, 4.69) is 5.32 Å². The Hall–Kier alpha value is -1.57. The van der Waals surface area contributed by atoms with Crippen LogP contribution in [0, 0.1) is 5.92 Å². The number of carbonyl (C=O) groups is 4. The van der Waals surface area contributed by atoms with Crippen LogP contribution < -0.4 is 5.32 Å². The molecule has 8 heteroatoms. The molecule has 2 unspecified atom stereocenters. The number of hydrogen-bond donors (Lipinski definition) is 1. The highest BCUT2D eigenvalue weighted by molar-refractivity contribution is 8.14. The summed E-state index contributed by atoms with van der Waals surface area (Å²) in [5, 5.41) is 2.43. The minimum absolute atomic E-state index is 0.228. The molecule has 1 N–H and O–H groups in total. The van der Waals surface area contributed by atoms with Gasteiger partial charge in [-0.2, -0.15) is 0 Å². The summed E-state index contributed by atoms with van der Waals surface area (Å²) in [5.74, 6) is -1.31. The molecule has 2 amide bonds. The molecular weight excluding hydrogens is 380 g/mol. The average molecular weight is 417 g/mol. The fourth-order valence-electron chi connectivity index (χ4n) is 2.53. The molecular formula is C20H36N2O5S. The molecule has 0 aliphatic rings. The van der Waals surface area contributed by atoms with Crippen molar-refractivity contribution in [3.8, 4) is 0 Å². The number of likely N-dealkylation sites (N-methyl/N-ethyl adjacent to an activating group) is 1. The summed E-state index contributed by atoms with van der Waals surface area (Å²) < 4.78 is 4.08. The van der Waals surface area contributed by atoms with E-state index in [1.165, 1.54) is 0 Å². The normalized spacial score (nSPS) is 13.6. The lowest BCUT2D eigenvalue weighted by molar-refractivity contribution is -0.148. The minimum Gasteiger partial charge on any atom is -0.463 e. The van der Waals surface area contributed by atoms with Crippen LogP contribution in [0.5, 0.6) is 0 Å². The lowest BCUT2D eigenvalue weighted by atomic mass is 9.99. The summed E-state index contributed by atoms with van der Waals surface area (Å²) in [4.78, 5) is 51.3. The second-order valence-corrected chi connectivity index (χ2v) is 9.27. The van der Waals surface area contributed by atoms with Crippen molar-refractivity contribution in [2.24, 2.45) is 5.92 Å². The van der Waals surface area contributed by atoms with Gasteiger partial charge in [-0.3, -0.25) is 19.2 Å². The average Bonchev–Trinajstić information content (AvgIpc) is 2.57. The molecule has 0 saturated carbocycles. The van der Waals surface area contributed by atoms with Gasteiger partial charge in [-0.1, -0.05) is 25.6 Å². The zero-order valence-electron chi connectivity index (χ0n) is 18.5. The van der Waals surface area contributed by atoms with E-state index >= 15 is 0 Å². The summed E-state index contributed by atoms with van der Waals surface area (Å²) in [6.07, 6.45) is -0.0336. The lowest BCUT2D eigenvalue weighted by Crippen LogP contribution is -2.58. The van der Waals surface area contributed by atoms with Crippen LogP contribution in [0.3, 0.4) is 0 Å². The summed E-state index contributed by atoms with van der Waals surface area (Å²) in [6, 6.07) is -0.885. The quantitative estimate of drug-likeness (QED) is 0.411. The fraction of sp³-hybridized carbons (Fsp3) is 0.800. The molecule has 0 aromatic heterocycles. The SMILES string of the molecule is CCC(C)C(=O)NC(C(=O)N(CC)CC)C(C)(C)SC(=O)CC(=O)OC(C)C. The van der Waals surface area contributed by atoms with Gasteiger partial charge in [0.1, 0.15) is 12.5 Å². The number of amides is 2. The molecule has 28 heavy (non-hydrogen) atoms. The highest BCUT2D eigenvalue weighted by Gasteiger charge is 2.41. The highest BCUT2D eigenvalue weighted by atomic mass is 32.2. The first-order valence-electron chi connectivity index (χ1n) is 9.89. The van der Waals surface area contributed by atoms with E-state index < -0.39 is 21.9 Å². The van der Waals surface area contributed by atoms with E-state index in [1.54, 1.807) is 39.5 Å². The van der Waals surface area contributed by atoms with Crippen LogP contribution in [0.2, 0.25) is 0 Å². The maximum Gasteiger partial charge on any atom is 0.314 e. The zero-order chi connectivity index (χ0) is 22.1. The van der Waals surface area contributed by atoms with Gasteiger partial charge in [0.25, 0.3) is 0 Å². The number of ether oxygens (including phenoxy) is 1. The van der Waals surface area contributed by atoms with Gasteiger partial charge < -0.3 is 15.0 Å². The van der Waals surface area contributed by atoms with Gasteiger partial charge in [0.2, 0.25) is 16.9 Å². The van der Waals surface area contributed by atoms with E-state index in [4.69, 9.17) is 4.74 Å². The molecule has 7 nitrogen and oxygen atoms in total.